The van der Waals surface area contributed by atoms with Gasteiger partial charge >= 0.3 is 0 Å². The predicted octanol–water partition coefficient (Wildman–Crippen LogP) is 10.1. The van der Waals surface area contributed by atoms with E-state index < -0.39 is 59.9 Å². The van der Waals surface area contributed by atoms with Crippen LogP contribution in [-0.4, -0.2) is 70.4 Å². The first-order valence-electron chi connectivity index (χ1n) is 23.8. The van der Waals surface area contributed by atoms with Crippen LogP contribution in [0, 0.1) is 11.8 Å². The molecule has 1 N–H and O–H groups in total. The fourth-order valence-electron chi connectivity index (χ4n) is 9.87. The molecule has 2 unspecified atom stereocenters. The Morgan fingerprint density at radius 1 is 0.531 bits per heavy atom. The van der Waals surface area contributed by atoms with Gasteiger partial charge in [-0.2, -0.15) is 0 Å². The van der Waals surface area contributed by atoms with Gasteiger partial charge in [-0.1, -0.05) is 189 Å². The van der Waals surface area contributed by atoms with Crippen LogP contribution in [0.15, 0.2) is 121 Å². The van der Waals surface area contributed by atoms with Crippen LogP contribution >= 0.6 is 0 Å². The predicted molar refractivity (Wildman–Crippen MR) is 279 cm³/mol. The first-order valence-corrected chi connectivity index (χ1v) is 29.8. The number of hydrogen-bond donors (Lipinski definition) is 1. The van der Waals surface area contributed by atoms with E-state index in [4.69, 9.17) is 8.85 Å². The third kappa shape index (κ3) is 11.5. The molecule has 2 aliphatic carbocycles. The Hall–Kier alpha value is -2.23. The maximum absolute atomic E-state index is 15.3. The van der Waals surface area contributed by atoms with Crippen molar-refractivity contribution in [3.8, 4) is 0 Å². The Morgan fingerprint density at radius 2 is 0.875 bits per heavy atom. The van der Waals surface area contributed by atoms with E-state index in [2.05, 4.69) is 220 Å². The highest BCUT2D eigenvalue weighted by Crippen LogP contribution is 2.45. The maximum Gasteiger partial charge on any atom is 0.261 e. The summed E-state index contributed by atoms with van der Waals surface area (Å²) in [5.41, 5.74) is -1.19. The minimum atomic E-state index is -2.93. The molecule has 0 spiro atoms. The van der Waals surface area contributed by atoms with Gasteiger partial charge in [0.2, 0.25) is 0 Å². The van der Waals surface area contributed by atoms with Gasteiger partial charge in [-0.3, -0.25) is 0 Å². The molecule has 0 bridgehead atoms. The van der Waals surface area contributed by atoms with Crippen LogP contribution in [0.2, 0.25) is 10.1 Å². The second-order valence-electron chi connectivity index (χ2n) is 23.3. The summed E-state index contributed by atoms with van der Waals surface area (Å²) in [5, 5.41) is 4.53. The molecule has 4 aromatic rings. The summed E-state index contributed by atoms with van der Waals surface area (Å²) < 4.78 is 50.5. The number of nitrogens with zero attached hydrogens (tertiary/aromatic N) is 1. The Bertz CT molecular complexity index is 1990. The van der Waals surface area contributed by atoms with Gasteiger partial charge in [0.15, 0.2) is 4.75 Å². The average molecular weight is 942 g/mol. The van der Waals surface area contributed by atoms with Crippen molar-refractivity contribution in [1.82, 2.24) is 9.03 Å². The van der Waals surface area contributed by atoms with Crippen LogP contribution in [0.1, 0.15) is 129 Å². The van der Waals surface area contributed by atoms with Gasteiger partial charge in [0.25, 0.3) is 16.6 Å². The first kappa shape index (κ1) is 51.2. The molecule has 2 aliphatic rings. The van der Waals surface area contributed by atoms with Gasteiger partial charge in [-0.05, 0) is 104 Å². The van der Waals surface area contributed by atoms with Crippen molar-refractivity contribution in [2.45, 2.75) is 159 Å². The zero-order valence-electron chi connectivity index (χ0n) is 41.5. The van der Waals surface area contributed by atoms with E-state index in [1.165, 1.54) is 33.6 Å². The molecule has 6 rings (SSSR count). The fourth-order valence-corrected chi connectivity index (χ4v) is 22.1. The number of nitrogens with one attached hydrogen (secondary N) is 1. The van der Waals surface area contributed by atoms with E-state index >= 15 is 9.11 Å². The standard InChI is InChI=1S/C54H80N2O4S2Si2/c1-49(2,3)62(58)56(54(13,39-44-36-37-44)42-60-64(51(7,8)9,47-30-22-16-23-31-47)48-32-24-17-25-33-48)40-52(10,11)61(57)55-53(12,38-43-34-35-43)41-59-63(50(4,5)6,45-26-18-14-19-27-45)46-28-20-15-21-29-46/h14-33,43-44,55H,34-42H2,1-13H3/t53-,54-,61?,62?/m0/s1. The lowest BCUT2D eigenvalue weighted by atomic mass is 9.95. The number of benzene rings is 4. The van der Waals surface area contributed by atoms with Crippen molar-refractivity contribution in [2.75, 3.05) is 19.8 Å². The molecule has 4 atom stereocenters. The van der Waals surface area contributed by atoms with Crippen molar-refractivity contribution in [3.05, 3.63) is 121 Å². The summed E-state index contributed by atoms with van der Waals surface area (Å²) in [6.07, 6.45) is 6.40. The molecule has 64 heavy (non-hydrogen) atoms. The summed E-state index contributed by atoms with van der Waals surface area (Å²) in [5.74, 6) is 1.09. The Kier molecular flexibility index (Phi) is 15.8. The van der Waals surface area contributed by atoms with Gasteiger partial charge in [0.05, 0.1) is 30.8 Å². The minimum Gasteiger partial charge on any atom is -0.598 e. The fraction of sp³-hybridized carbons (Fsp3) is 0.556. The zero-order chi connectivity index (χ0) is 46.8. The molecule has 0 saturated heterocycles. The Labute approximate surface area is 397 Å². The molecule has 6 nitrogen and oxygen atoms in total. The number of rotatable bonds is 21. The second kappa shape index (κ2) is 19.8. The van der Waals surface area contributed by atoms with Crippen molar-refractivity contribution >= 4 is 60.1 Å². The maximum atomic E-state index is 15.3. The monoisotopic (exact) mass is 941 g/mol. The van der Waals surface area contributed by atoms with Crippen molar-refractivity contribution in [3.63, 3.8) is 0 Å². The lowest BCUT2D eigenvalue weighted by Gasteiger charge is -2.49. The lowest BCUT2D eigenvalue weighted by molar-refractivity contribution is 0.0926. The lowest BCUT2D eigenvalue weighted by Crippen LogP contribution is -2.70. The zero-order valence-corrected chi connectivity index (χ0v) is 45.1. The van der Waals surface area contributed by atoms with Gasteiger partial charge in [-0.15, -0.1) is 9.03 Å². The second-order valence-corrected chi connectivity index (χ2v) is 35.9. The molecular formula is C54H80N2O4S2Si2. The van der Waals surface area contributed by atoms with Gasteiger partial charge in [0.1, 0.15) is 4.75 Å². The van der Waals surface area contributed by atoms with Crippen molar-refractivity contribution in [1.29, 1.82) is 0 Å². The van der Waals surface area contributed by atoms with E-state index in [-0.39, 0.29) is 10.1 Å². The molecule has 2 fully saturated rings. The Balaban J connectivity index is 1.35. The molecular weight excluding hydrogens is 861 g/mol. The Morgan fingerprint density at radius 3 is 1.20 bits per heavy atom. The minimum absolute atomic E-state index is 0.186. The normalized spacial score (nSPS) is 18.6. The van der Waals surface area contributed by atoms with E-state index in [0.717, 1.165) is 25.7 Å². The van der Waals surface area contributed by atoms with Crippen LogP contribution in [0.4, 0.5) is 0 Å². The van der Waals surface area contributed by atoms with Crippen LogP contribution in [0.5, 0.6) is 0 Å². The van der Waals surface area contributed by atoms with Crippen molar-refractivity contribution in [2.24, 2.45) is 11.8 Å². The van der Waals surface area contributed by atoms with Crippen molar-refractivity contribution < 1.29 is 18.0 Å². The molecule has 350 valence electrons. The SMILES string of the molecule is CC(C)(C)[S+]([O-])N(CC(C)(C)[S+]([O-])N[C@](C)(CO[Si](c1ccccc1)(c1ccccc1)C(C)(C)C)CC1CC1)[C@](C)(CO[Si](c1ccccc1)(c1ccccc1)C(C)(C)C)CC1CC1. The molecule has 2 saturated carbocycles. The largest absolute Gasteiger partial charge is 0.598 e. The molecule has 0 amide bonds. The van der Waals surface area contributed by atoms with E-state index in [9.17, 15) is 0 Å². The average Bonchev–Trinajstić information content (AvgIpc) is 4.19. The molecule has 0 heterocycles. The highest BCUT2D eigenvalue weighted by molar-refractivity contribution is 7.91. The molecule has 0 radical (unpaired) electrons. The smallest absolute Gasteiger partial charge is 0.261 e. The first-order chi connectivity index (χ1) is 29.9. The summed E-state index contributed by atoms with van der Waals surface area (Å²) in [6, 6.07) is 43.2. The summed E-state index contributed by atoms with van der Waals surface area (Å²) in [6.45, 7) is 29.9. The van der Waals surface area contributed by atoms with Gasteiger partial charge in [-0.25, -0.2) is 0 Å². The highest BCUT2D eigenvalue weighted by atomic mass is 32.2. The van der Waals surface area contributed by atoms with Gasteiger partial charge in [0, 0.05) is 22.7 Å². The van der Waals surface area contributed by atoms with E-state index in [1.54, 1.807) is 0 Å². The number of hydrogen-bond acceptors (Lipinski definition) is 6. The molecule has 10 heteroatoms. The van der Waals surface area contributed by atoms with Crippen LogP contribution in [0.25, 0.3) is 0 Å². The third-order valence-electron chi connectivity index (χ3n) is 13.6. The van der Waals surface area contributed by atoms with E-state index in [0.29, 0.717) is 31.6 Å². The topological polar surface area (TPSA) is 79.9 Å². The van der Waals surface area contributed by atoms with Gasteiger partial charge < -0.3 is 18.0 Å². The van der Waals surface area contributed by atoms with Crippen LogP contribution < -0.4 is 25.5 Å². The van der Waals surface area contributed by atoms with E-state index in [1.807, 2.05) is 0 Å². The highest BCUT2D eigenvalue weighted by Gasteiger charge is 2.57. The summed E-state index contributed by atoms with van der Waals surface area (Å²) >= 11 is -2.98. The third-order valence-corrected chi connectivity index (χ3v) is 27.4. The summed E-state index contributed by atoms with van der Waals surface area (Å²) in [7, 11) is -5.80. The molecule has 0 aliphatic heterocycles. The quantitative estimate of drug-likeness (QED) is 0.0663. The van der Waals surface area contributed by atoms with Crippen LogP contribution in [0.3, 0.4) is 0 Å². The molecule has 0 aromatic heterocycles. The summed E-state index contributed by atoms with van der Waals surface area (Å²) in [4.78, 5) is 0. The molecule has 4 aromatic carbocycles. The van der Waals surface area contributed by atoms with Crippen LogP contribution in [-0.2, 0) is 31.6 Å².